The Morgan fingerprint density at radius 1 is 1.56 bits per heavy atom. The minimum Gasteiger partial charge on any atom is -0.500 e. The highest BCUT2D eigenvalue weighted by atomic mass is 32.1. The van der Waals surface area contributed by atoms with Crippen LogP contribution in [-0.4, -0.2) is 37.7 Å². The molecule has 0 spiro atoms. The van der Waals surface area contributed by atoms with Gasteiger partial charge >= 0.3 is 5.69 Å². The lowest BCUT2D eigenvalue weighted by molar-refractivity contribution is -0.386. The van der Waals surface area contributed by atoms with E-state index in [0.29, 0.717) is 22.6 Å². The molecule has 140 valence electrons. The Morgan fingerprint density at radius 3 is 3.04 bits per heavy atom. The maximum atomic E-state index is 11.2. The summed E-state index contributed by atoms with van der Waals surface area (Å²) in [4.78, 5) is 11.6. The summed E-state index contributed by atoms with van der Waals surface area (Å²) < 4.78 is 7.02. The van der Waals surface area contributed by atoms with Crippen LogP contribution >= 0.6 is 23.6 Å². The van der Waals surface area contributed by atoms with E-state index >= 15 is 0 Å². The van der Waals surface area contributed by atoms with Crippen molar-refractivity contribution in [3.63, 3.8) is 0 Å². The van der Waals surface area contributed by atoms with Gasteiger partial charge in [-0.15, -0.1) is 11.3 Å². The van der Waals surface area contributed by atoms with Crippen molar-refractivity contribution in [2.45, 2.75) is 13.3 Å². The van der Waals surface area contributed by atoms with Crippen molar-refractivity contribution >= 4 is 35.5 Å². The number of phenols is 1. The zero-order chi connectivity index (χ0) is 19.4. The number of nitro benzene ring substituents is 1. The first-order valence-corrected chi connectivity index (χ1v) is 9.15. The second-order valence-corrected chi connectivity index (χ2v) is 6.75. The number of hydrogen-bond donors (Lipinski definition) is 2. The first-order valence-electron chi connectivity index (χ1n) is 7.86. The topological polar surface area (TPSA) is 119 Å². The highest BCUT2D eigenvalue weighted by Crippen LogP contribution is 2.36. The lowest BCUT2D eigenvalue weighted by Gasteiger charge is -2.07. The number of nitrogens with one attached hydrogen (secondary N) is 1. The van der Waals surface area contributed by atoms with Crippen molar-refractivity contribution in [3.8, 4) is 11.5 Å². The number of benzene rings is 1. The normalized spacial score (nSPS) is 11.1. The van der Waals surface area contributed by atoms with Crippen LogP contribution in [0.25, 0.3) is 0 Å². The van der Waals surface area contributed by atoms with E-state index in [-0.39, 0.29) is 12.4 Å². The van der Waals surface area contributed by atoms with Crippen LogP contribution in [0.15, 0.2) is 34.7 Å². The Kier molecular flexibility index (Phi) is 5.62. The fourth-order valence-electron chi connectivity index (χ4n) is 2.34. The quantitative estimate of drug-likeness (QED) is 0.269. The molecular formula is C16H15N5O4S2. The first kappa shape index (κ1) is 18.7. The number of hydrogen-bond acceptors (Lipinski definition) is 8. The molecule has 0 atom stereocenters. The van der Waals surface area contributed by atoms with Gasteiger partial charge in [-0.05, 0) is 36.7 Å². The molecule has 3 rings (SSSR count). The maximum absolute atomic E-state index is 11.2. The maximum Gasteiger partial charge on any atom is 0.315 e. The fourth-order valence-corrected chi connectivity index (χ4v) is 3.24. The van der Waals surface area contributed by atoms with Gasteiger partial charge in [-0.1, -0.05) is 6.07 Å². The molecule has 27 heavy (non-hydrogen) atoms. The first-order chi connectivity index (χ1) is 13.0. The largest absolute Gasteiger partial charge is 0.500 e. The molecule has 0 aliphatic heterocycles. The van der Waals surface area contributed by atoms with E-state index in [1.165, 1.54) is 23.0 Å². The standard InChI is InChI=1S/C16H15N5O4S2/c1-2-25-13-7-10(6-12(15(13)22)21(23)24)9-17-20-14(18-19-16(20)26)8-11-4-3-5-27-11/h3-7,9,22H,2,8H2,1H3,(H,19,26)/b17-9-. The van der Waals surface area contributed by atoms with Crippen LogP contribution in [0, 0.1) is 14.9 Å². The van der Waals surface area contributed by atoms with Crippen LogP contribution in [0.1, 0.15) is 23.2 Å². The van der Waals surface area contributed by atoms with Crippen LogP contribution in [0.4, 0.5) is 5.69 Å². The minimum atomic E-state index is -0.680. The summed E-state index contributed by atoms with van der Waals surface area (Å²) in [6, 6.07) is 6.61. The van der Waals surface area contributed by atoms with Crippen LogP contribution in [0.5, 0.6) is 11.5 Å². The van der Waals surface area contributed by atoms with E-state index in [9.17, 15) is 15.2 Å². The van der Waals surface area contributed by atoms with Crippen molar-refractivity contribution in [1.82, 2.24) is 14.9 Å². The Balaban J connectivity index is 1.95. The number of aromatic amines is 1. The predicted molar refractivity (Wildman–Crippen MR) is 103 cm³/mol. The molecule has 0 amide bonds. The van der Waals surface area contributed by atoms with Crippen LogP contribution < -0.4 is 4.74 Å². The second-order valence-electron chi connectivity index (χ2n) is 5.33. The lowest BCUT2D eigenvalue weighted by atomic mass is 10.2. The van der Waals surface area contributed by atoms with Crippen molar-refractivity contribution < 1.29 is 14.8 Å². The van der Waals surface area contributed by atoms with E-state index in [4.69, 9.17) is 17.0 Å². The minimum absolute atomic E-state index is 0.0164. The molecule has 2 N–H and O–H groups in total. The fraction of sp³-hybridized carbons (Fsp3) is 0.188. The summed E-state index contributed by atoms with van der Waals surface area (Å²) in [6.07, 6.45) is 1.94. The third-order valence-corrected chi connectivity index (χ3v) is 4.67. The van der Waals surface area contributed by atoms with Gasteiger partial charge in [-0.3, -0.25) is 15.2 Å². The number of aromatic hydroxyl groups is 1. The summed E-state index contributed by atoms with van der Waals surface area (Å²) in [5, 5.41) is 34.2. The molecule has 0 saturated carbocycles. The smallest absolute Gasteiger partial charge is 0.315 e. The average molecular weight is 405 g/mol. The number of phenolic OH excluding ortho intramolecular Hbond substituents is 1. The Hall–Kier alpha value is -3.05. The molecular weight excluding hydrogens is 390 g/mol. The zero-order valence-corrected chi connectivity index (χ0v) is 15.8. The number of ether oxygens (including phenoxy) is 1. The third kappa shape index (κ3) is 4.20. The van der Waals surface area contributed by atoms with Gasteiger partial charge in [0.05, 0.1) is 17.7 Å². The van der Waals surface area contributed by atoms with Gasteiger partial charge in [-0.2, -0.15) is 14.9 Å². The molecule has 2 heterocycles. The van der Waals surface area contributed by atoms with Gasteiger partial charge in [0.25, 0.3) is 0 Å². The Labute approximate surface area is 162 Å². The van der Waals surface area contributed by atoms with Crippen LogP contribution in [0.2, 0.25) is 0 Å². The molecule has 0 aliphatic rings. The molecule has 11 heteroatoms. The number of rotatable bonds is 7. The monoisotopic (exact) mass is 405 g/mol. The molecule has 9 nitrogen and oxygen atoms in total. The highest BCUT2D eigenvalue weighted by Gasteiger charge is 2.19. The van der Waals surface area contributed by atoms with E-state index in [1.807, 2.05) is 17.5 Å². The van der Waals surface area contributed by atoms with E-state index in [2.05, 4.69) is 15.3 Å². The van der Waals surface area contributed by atoms with Crippen molar-refractivity contribution in [1.29, 1.82) is 0 Å². The van der Waals surface area contributed by atoms with Crippen molar-refractivity contribution in [3.05, 3.63) is 60.8 Å². The predicted octanol–water partition coefficient (Wildman–Crippen LogP) is 3.49. The SMILES string of the molecule is CCOc1cc(/C=N\n2c(Cc3cccs3)n[nH]c2=S)cc([N+](=O)[O-])c1O. The summed E-state index contributed by atoms with van der Waals surface area (Å²) in [5.74, 6) is 0.108. The number of thiophene rings is 1. The lowest BCUT2D eigenvalue weighted by Crippen LogP contribution is -2.01. The molecule has 0 radical (unpaired) electrons. The Morgan fingerprint density at radius 2 is 2.37 bits per heavy atom. The summed E-state index contributed by atoms with van der Waals surface area (Å²) in [6.45, 7) is 1.97. The Bertz CT molecular complexity index is 1040. The van der Waals surface area contributed by atoms with Gasteiger partial charge in [-0.25, -0.2) is 0 Å². The second kappa shape index (κ2) is 8.10. The van der Waals surface area contributed by atoms with Crippen molar-refractivity contribution in [2.75, 3.05) is 6.61 Å². The zero-order valence-electron chi connectivity index (χ0n) is 14.2. The van der Waals surface area contributed by atoms with E-state index in [1.54, 1.807) is 18.3 Å². The highest BCUT2D eigenvalue weighted by molar-refractivity contribution is 7.71. The van der Waals surface area contributed by atoms with Crippen LogP contribution in [0.3, 0.4) is 0 Å². The van der Waals surface area contributed by atoms with Gasteiger partial charge in [0, 0.05) is 22.9 Å². The number of H-pyrrole nitrogens is 1. The van der Waals surface area contributed by atoms with Crippen molar-refractivity contribution in [2.24, 2.45) is 5.10 Å². The molecule has 0 aliphatic carbocycles. The average Bonchev–Trinajstić information content (AvgIpc) is 3.26. The summed E-state index contributed by atoms with van der Waals surface area (Å²) in [7, 11) is 0. The third-order valence-electron chi connectivity index (χ3n) is 3.53. The number of nitrogens with zero attached hydrogens (tertiary/aromatic N) is 4. The molecule has 2 aromatic heterocycles. The summed E-state index contributed by atoms with van der Waals surface area (Å²) in [5.41, 5.74) is -0.0786. The summed E-state index contributed by atoms with van der Waals surface area (Å²) >= 11 is 6.79. The number of nitro groups is 1. The molecule has 0 bridgehead atoms. The van der Waals surface area contributed by atoms with Gasteiger partial charge in [0.2, 0.25) is 10.5 Å². The molecule has 0 saturated heterocycles. The van der Waals surface area contributed by atoms with Gasteiger partial charge in [0.1, 0.15) is 0 Å². The van der Waals surface area contributed by atoms with Gasteiger partial charge < -0.3 is 9.84 Å². The van der Waals surface area contributed by atoms with E-state index < -0.39 is 16.4 Å². The molecule has 0 unspecified atom stereocenters. The molecule has 1 aromatic carbocycles. The molecule has 3 aromatic rings. The van der Waals surface area contributed by atoms with Gasteiger partial charge in [0.15, 0.2) is 11.6 Å². The number of aromatic nitrogens is 3. The molecule has 0 fully saturated rings. The van der Waals surface area contributed by atoms with Crippen LogP contribution in [-0.2, 0) is 6.42 Å². The van der Waals surface area contributed by atoms with E-state index in [0.717, 1.165) is 4.88 Å².